The van der Waals surface area contributed by atoms with Crippen LogP contribution >= 0.6 is 0 Å². The number of non-ortho nitro benzene ring substituents is 1. The molecule has 96 valence electrons. The zero-order valence-corrected chi connectivity index (χ0v) is 9.23. The van der Waals surface area contributed by atoms with Gasteiger partial charge in [-0.3, -0.25) is 20.2 Å². The summed E-state index contributed by atoms with van der Waals surface area (Å²) in [6, 6.07) is 3.00. The smallest absolute Gasteiger partial charge is 0.331 e. The maximum atomic E-state index is 11.2. The van der Waals surface area contributed by atoms with E-state index in [1.54, 1.807) is 0 Å². The number of nitrogens with two attached hydrogens (primary N) is 1. The minimum absolute atomic E-state index is 0.000972. The average Bonchev–Trinajstić information content (AvgIpc) is 2.35. The minimum Gasteiger partial charge on any atom is -0.373 e. The number of nitro benzene ring substituents is 2. The molecule has 1 unspecified atom stereocenters. The lowest BCUT2D eigenvalue weighted by molar-refractivity contribution is -0.394. The first-order valence-electron chi connectivity index (χ1n) is 4.71. The van der Waals surface area contributed by atoms with E-state index in [1.165, 1.54) is 6.92 Å². The van der Waals surface area contributed by atoms with Crippen LogP contribution in [0.2, 0.25) is 0 Å². The number of hydrogen-bond acceptors (Lipinski definition) is 7. The van der Waals surface area contributed by atoms with Crippen molar-refractivity contribution in [1.82, 2.24) is 0 Å². The van der Waals surface area contributed by atoms with Crippen molar-refractivity contribution in [2.45, 2.75) is 12.8 Å². The van der Waals surface area contributed by atoms with Crippen LogP contribution < -0.4 is 5.90 Å². The number of carbonyl (C=O) groups excluding carboxylic acids is 1. The van der Waals surface area contributed by atoms with E-state index in [0.29, 0.717) is 0 Å². The molecule has 9 heteroatoms. The van der Waals surface area contributed by atoms with E-state index < -0.39 is 33.1 Å². The third-order valence-electron chi connectivity index (χ3n) is 2.36. The Labute approximate surface area is 100 Å². The summed E-state index contributed by atoms with van der Waals surface area (Å²) in [5.74, 6) is 2.83. The molecule has 0 amide bonds. The van der Waals surface area contributed by atoms with Crippen molar-refractivity contribution in [3.63, 3.8) is 0 Å². The van der Waals surface area contributed by atoms with Crippen LogP contribution in [0.15, 0.2) is 18.2 Å². The molecule has 9 nitrogen and oxygen atoms in total. The molecular formula is C9H9N3O6. The zero-order valence-electron chi connectivity index (χ0n) is 9.23. The Morgan fingerprint density at radius 3 is 2.39 bits per heavy atom. The fourth-order valence-electron chi connectivity index (χ4n) is 1.40. The van der Waals surface area contributed by atoms with E-state index in [9.17, 15) is 25.0 Å². The molecule has 0 aliphatic carbocycles. The molecule has 1 aromatic rings. The van der Waals surface area contributed by atoms with Gasteiger partial charge in [0.25, 0.3) is 11.4 Å². The molecule has 0 spiro atoms. The molecule has 2 N–H and O–H groups in total. The molecule has 18 heavy (non-hydrogen) atoms. The summed E-state index contributed by atoms with van der Waals surface area (Å²) >= 11 is 0. The highest BCUT2D eigenvalue weighted by Gasteiger charge is 2.27. The van der Waals surface area contributed by atoms with Crippen LogP contribution in [0.25, 0.3) is 0 Å². The van der Waals surface area contributed by atoms with E-state index in [1.807, 2.05) is 0 Å². The van der Waals surface area contributed by atoms with Crippen molar-refractivity contribution in [2.24, 2.45) is 5.90 Å². The van der Waals surface area contributed by atoms with Gasteiger partial charge in [0.1, 0.15) is 0 Å². The SMILES string of the molecule is CC(C(=O)ON)c1ccc([N+](=O)[O-])cc1[N+](=O)[O-]. The highest BCUT2D eigenvalue weighted by atomic mass is 16.7. The topological polar surface area (TPSA) is 139 Å². The fraction of sp³-hybridized carbons (Fsp3) is 0.222. The summed E-state index contributed by atoms with van der Waals surface area (Å²) in [4.78, 5) is 35.0. The molecule has 0 aliphatic heterocycles. The summed E-state index contributed by atoms with van der Waals surface area (Å²) in [5.41, 5.74) is -0.957. The Hall–Kier alpha value is -2.55. The van der Waals surface area contributed by atoms with Gasteiger partial charge in [0.15, 0.2) is 0 Å². The van der Waals surface area contributed by atoms with E-state index in [-0.39, 0.29) is 5.56 Å². The average molecular weight is 255 g/mol. The summed E-state index contributed by atoms with van der Waals surface area (Å²) in [6.07, 6.45) is 0. The third-order valence-corrected chi connectivity index (χ3v) is 2.36. The lowest BCUT2D eigenvalue weighted by Crippen LogP contribution is -2.17. The third kappa shape index (κ3) is 2.58. The second kappa shape index (κ2) is 5.19. The van der Waals surface area contributed by atoms with Crippen molar-refractivity contribution in [2.75, 3.05) is 0 Å². The first kappa shape index (κ1) is 13.5. The number of rotatable bonds is 4. The van der Waals surface area contributed by atoms with Gasteiger partial charge in [-0.1, -0.05) is 0 Å². The Kier molecular flexibility index (Phi) is 3.89. The van der Waals surface area contributed by atoms with Crippen LogP contribution in [0, 0.1) is 20.2 Å². The molecule has 0 aromatic heterocycles. The van der Waals surface area contributed by atoms with Crippen LogP contribution in [0.3, 0.4) is 0 Å². The van der Waals surface area contributed by atoms with Crippen molar-refractivity contribution in [3.8, 4) is 0 Å². The van der Waals surface area contributed by atoms with Crippen molar-refractivity contribution in [3.05, 3.63) is 44.0 Å². The second-order valence-electron chi connectivity index (χ2n) is 3.42. The number of carbonyl (C=O) groups is 1. The van der Waals surface area contributed by atoms with Crippen LogP contribution in [0.5, 0.6) is 0 Å². The Morgan fingerprint density at radius 2 is 1.94 bits per heavy atom. The number of nitrogens with zero attached hydrogens (tertiary/aromatic N) is 2. The first-order chi connectivity index (χ1) is 8.38. The molecule has 0 fully saturated rings. The van der Waals surface area contributed by atoms with Gasteiger partial charge in [-0.2, -0.15) is 5.90 Å². The van der Waals surface area contributed by atoms with E-state index >= 15 is 0 Å². The van der Waals surface area contributed by atoms with Gasteiger partial charge in [0.2, 0.25) is 0 Å². The van der Waals surface area contributed by atoms with Gasteiger partial charge >= 0.3 is 5.97 Å². The van der Waals surface area contributed by atoms with Gasteiger partial charge in [0.05, 0.1) is 21.8 Å². The predicted molar refractivity (Wildman–Crippen MR) is 58.4 cm³/mol. The molecule has 0 heterocycles. The molecule has 0 radical (unpaired) electrons. The minimum atomic E-state index is -0.990. The largest absolute Gasteiger partial charge is 0.373 e. The highest BCUT2D eigenvalue weighted by Crippen LogP contribution is 2.30. The van der Waals surface area contributed by atoms with E-state index in [0.717, 1.165) is 18.2 Å². The standard InChI is InChI=1S/C9H9N3O6/c1-5(9(13)18-10)7-3-2-6(11(14)15)4-8(7)12(16)17/h2-5H,10H2,1H3. The summed E-state index contributed by atoms with van der Waals surface area (Å²) in [6.45, 7) is 1.35. The van der Waals surface area contributed by atoms with Gasteiger partial charge in [-0.15, -0.1) is 0 Å². The Balaban J connectivity index is 3.32. The molecule has 0 bridgehead atoms. The van der Waals surface area contributed by atoms with Gasteiger partial charge < -0.3 is 4.84 Å². The monoisotopic (exact) mass is 255 g/mol. The van der Waals surface area contributed by atoms with Gasteiger partial charge in [-0.05, 0) is 13.0 Å². The lowest BCUT2D eigenvalue weighted by atomic mass is 9.99. The lowest BCUT2D eigenvalue weighted by Gasteiger charge is -2.08. The molecule has 1 aromatic carbocycles. The summed E-state index contributed by atoms with van der Waals surface area (Å²) < 4.78 is 0. The van der Waals surface area contributed by atoms with E-state index in [4.69, 9.17) is 0 Å². The van der Waals surface area contributed by atoms with Crippen molar-refractivity contribution in [1.29, 1.82) is 0 Å². The summed E-state index contributed by atoms with van der Waals surface area (Å²) in [7, 11) is 0. The van der Waals surface area contributed by atoms with Gasteiger partial charge in [0, 0.05) is 11.6 Å². The maximum absolute atomic E-state index is 11.2. The van der Waals surface area contributed by atoms with Crippen LogP contribution in [-0.2, 0) is 9.63 Å². The molecule has 1 atom stereocenters. The number of benzene rings is 1. The number of hydrogen-bond donors (Lipinski definition) is 1. The number of nitro groups is 2. The fourth-order valence-corrected chi connectivity index (χ4v) is 1.40. The second-order valence-corrected chi connectivity index (χ2v) is 3.42. The van der Waals surface area contributed by atoms with Gasteiger partial charge in [-0.25, -0.2) is 4.79 Å². The molecule has 0 aliphatic rings. The molecule has 0 saturated heterocycles. The zero-order chi connectivity index (χ0) is 13.9. The van der Waals surface area contributed by atoms with Crippen LogP contribution in [0.4, 0.5) is 11.4 Å². The first-order valence-corrected chi connectivity index (χ1v) is 4.71. The van der Waals surface area contributed by atoms with Crippen LogP contribution in [-0.4, -0.2) is 15.8 Å². The van der Waals surface area contributed by atoms with E-state index in [2.05, 4.69) is 10.7 Å². The van der Waals surface area contributed by atoms with Crippen LogP contribution in [0.1, 0.15) is 18.4 Å². The normalized spacial score (nSPS) is 11.7. The summed E-state index contributed by atoms with van der Waals surface area (Å²) in [5, 5.41) is 21.3. The highest BCUT2D eigenvalue weighted by molar-refractivity contribution is 5.79. The van der Waals surface area contributed by atoms with Crippen molar-refractivity contribution < 1.29 is 19.5 Å². The Morgan fingerprint density at radius 1 is 1.33 bits per heavy atom. The molecule has 1 rings (SSSR count). The molecular weight excluding hydrogens is 246 g/mol. The molecule has 0 saturated carbocycles. The predicted octanol–water partition coefficient (Wildman–Crippen LogP) is 1.02. The maximum Gasteiger partial charge on any atom is 0.331 e. The quantitative estimate of drug-likeness (QED) is 0.625. The Bertz CT molecular complexity index is 515. The van der Waals surface area contributed by atoms with Crippen molar-refractivity contribution >= 4 is 17.3 Å².